The summed E-state index contributed by atoms with van der Waals surface area (Å²) < 4.78 is 0. The highest BCUT2D eigenvalue weighted by molar-refractivity contribution is 6.02. The summed E-state index contributed by atoms with van der Waals surface area (Å²) in [5.41, 5.74) is 11.6. The summed E-state index contributed by atoms with van der Waals surface area (Å²) in [4.78, 5) is 23.2. The van der Waals surface area contributed by atoms with Crippen LogP contribution in [0.1, 0.15) is 43.5 Å². The number of nitrogens with two attached hydrogens (primary N) is 2. The van der Waals surface area contributed by atoms with Gasteiger partial charge in [-0.3, -0.25) is 9.59 Å². The highest BCUT2D eigenvalue weighted by atomic mass is 16.2. The van der Waals surface area contributed by atoms with Crippen LogP contribution >= 0.6 is 0 Å². The quantitative estimate of drug-likeness (QED) is 0.709. The summed E-state index contributed by atoms with van der Waals surface area (Å²) >= 11 is 0. The Bertz CT molecular complexity index is 484. The number of carbonyl (C=O) groups excluding carboxylic acids is 2. The molecule has 0 radical (unpaired) electrons. The van der Waals surface area contributed by atoms with E-state index in [0.717, 1.165) is 12.8 Å². The minimum absolute atomic E-state index is 0.0370. The third-order valence-electron chi connectivity index (χ3n) is 3.32. The van der Waals surface area contributed by atoms with Gasteiger partial charge in [-0.15, -0.1) is 0 Å². The summed E-state index contributed by atoms with van der Waals surface area (Å²) in [6.45, 7) is 4.79. The van der Waals surface area contributed by atoms with Crippen LogP contribution < -0.4 is 16.8 Å². The van der Waals surface area contributed by atoms with Crippen LogP contribution in [0.15, 0.2) is 24.3 Å². The largest absolute Gasteiger partial charge is 0.366 e. The molecule has 2 amide bonds. The van der Waals surface area contributed by atoms with Crippen LogP contribution in [0.25, 0.3) is 0 Å². The number of hydrogen-bond acceptors (Lipinski definition) is 3. The molecule has 0 aromatic heterocycles. The predicted octanol–water partition coefficient (Wildman–Crippen LogP) is 1.88. The second kappa shape index (κ2) is 7.05. The summed E-state index contributed by atoms with van der Waals surface area (Å²) in [6.07, 6.45) is 2.01. The normalized spacial score (nSPS) is 11.2. The topological polar surface area (TPSA) is 98.2 Å². The lowest BCUT2D eigenvalue weighted by Gasteiger charge is -2.23. The molecule has 20 heavy (non-hydrogen) atoms. The fourth-order valence-corrected chi connectivity index (χ4v) is 1.99. The van der Waals surface area contributed by atoms with Crippen molar-refractivity contribution in [2.75, 3.05) is 11.9 Å². The molecule has 1 aromatic rings. The lowest BCUT2D eigenvalue weighted by Crippen LogP contribution is -2.22. The van der Waals surface area contributed by atoms with Crippen LogP contribution in [-0.2, 0) is 4.79 Å². The third kappa shape index (κ3) is 5.01. The van der Waals surface area contributed by atoms with Crippen LogP contribution in [0.4, 0.5) is 5.69 Å². The minimum atomic E-state index is -0.552. The lowest BCUT2D eigenvalue weighted by molar-refractivity contribution is -0.116. The molecule has 0 spiro atoms. The first-order valence-electron chi connectivity index (χ1n) is 6.74. The molecule has 0 heterocycles. The molecule has 0 saturated carbocycles. The van der Waals surface area contributed by atoms with Crippen molar-refractivity contribution >= 4 is 17.5 Å². The Morgan fingerprint density at radius 2 is 1.85 bits per heavy atom. The predicted molar refractivity (Wildman–Crippen MR) is 80.3 cm³/mol. The summed E-state index contributed by atoms with van der Waals surface area (Å²) in [5, 5.41) is 2.74. The molecular formula is C15H23N3O2. The van der Waals surface area contributed by atoms with Crippen molar-refractivity contribution in [3.63, 3.8) is 0 Å². The molecule has 0 saturated heterocycles. The van der Waals surface area contributed by atoms with Gasteiger partial charge in [-0.25, -0.2) is 0 Å². The molecule has 5 heteroatoms. The average molecular weight is 277 g/mol. The Balaban J connectivity index is 2.61. The van der Waals surface area contributed by atoms with E-state index >= 15 is 0 Å². The van der Waals surface area contributed by atoms with Gasteiger partial charge in [0.1, 0.15) is 0 Å². The van der Waals surface area contributed by atoms with Crippen LogP contribution in [0.3, 0.4) is 0 Å². The molecule has 0 unspecified atom stereocenters. The van der Waals surface area contributed by atoms with Crippen LogP contribution in [0, 0.1) is 5.41 Å². The van der Waals surface area contributed by atoms with Gasteiger partial charge >= 0.3 is 0 Å². The van der Waals surface area contributed by atoms with E-state index in [9.17, 15) is 9.59 Å². The van der Waals surface area contributed by atoms with E-state index in [-0.39, 0.29) is 11.3 Å². The molecule has 0 aliphatic rings. The molecular weight excluding hydrogens is 254 g/mol. The zero-order valence-corrected chi connectivity index (χ0v) is 12.1. The van der Waals surface area contributed by atoms with Gasteiger partial charge < -0.3 is 16.8 Å². The molecule has 0 atom stereocenters. The van der Waals surface area contributed by atoms with E-state index in [0.29, 0.717) is 24.2 Å². The Hall–Kier alpha value is -1.88. The van der Waals surface area contributed by atoms with Gasteiger partial charge in [0.2, 0.25) is 5.91 Å². The molecule has 1 aromatic carbocycles. The number of carbonyl (C=O) groups is 2. The van der Waals surface area contributed by atoms with Gasteiger partial charge in [0.15, 0.2) is 0 Å². The maximum absolute atomic E-state index is 11.9. The molecule has 110 valence electrons. The number of benzene rings is 1. The van der Waals surface area contributed by atoms with Crippen LogP contribution in [0.5, 0.6) is 0 Å². The first-order chi connectivity index (χ1) is 9.35. The molecule has 5 nitrogen and oxygen atoms in total. The number of nitrogens with one attached hydrogen (secondary N) is 1. The fraction of sp³-hybridized carbons (Fsp3) is 0.467. The lowest BCUT2D eigenvalue weighted by atomic mass is 9.84. The van der Waals surface area contributed by atoms with E-state index in [1.807, 2.05) is 0 Å². The van der Waals surface area contributed by atoms with Crippen molar-refractivity contribution in [3.05, 3.63) is 29.8 Å². The Morgan fingerprint density at radius 3 is 2.45 bits per heavy atom. The zero-order valence-electron chi connectivity index (χ0n) is 12.1. The number of anilines is 1. The number of primary amides is 1. The van der Waals surface area contributed by atoms with Crippen LogP contribution in [0.2, 0.25) is 0 Å². The highest BCUT2D eigenvalue weighted by Crippen LogP contribution is 2.26. The summed E-state index contributed by atoms with van der Waals surface area (Å²) in [5.74, 6) is -0.673. The van der Waals surface area contributed by atoms with Gasteiger partial charge in [-0.05, 0) is 36.9 Å². The van der Waals surface area contributed by atoms with E-state index in [4.69, 9.17) is 11.5 Å². The first kappa shape index (κ1) is 16.2. The summed E-state index contributed by atoms with van der Waals surface area (Å²) in [7, 11) is 0. The number of rotatable bonds is 7. The SMILES string of the molecule is CC(C)(CCN)CCC(=O)Nc1ccccc1C(N)=O. The van der Waals surface area contributed by atoms with Gasteiger partial charge in [-0.1, -0.05) is 26.0 Å². The molecule has 1 rings (SSSR count). The molecule has 0 fully saturated rings. The second-order valence-electron chi connectivity index (χ2n) is 5.66. The first-order valence-corrected chi connectivity index (χ1v) is 6.74. The van der Waals surface area contributed by atoms with Crippen molar-refractivity contribution in [1.82, 2.24) is 0 Å². The molecule has 0 bridgehead atoms. The highest BCUT2D eigenvalue weighted by Gasteiger charge is 2.19. The van der Waals surface area contributed by atoms with Crippen molar-refractivity contribution < 1.29 is 9.59 Å². The fourth-order valence-electron chi connectivity index (χ4n) is 1.99. The maximum atomic E-state index is 11.9. The van der Waals surface area contributed by atoms with Crippen molar-refractivity contribution in [3.8, 4) is 0 Å². The molecule has 0 aliphatic carbocycles. The van der Waals surface area contributed by atoms with Crippen molar-refractivity contribution in [1.29, 1.82) is 0 Å². The average Bonchev–Trinajstić information content (AvgIpc) is 2.37. The van der Waals surface area contributed by atoms with Gasteiger partial charge in [0.25, 0.3) is 5.91 Å². The molecule has 5 N–H and O–H groups in total. The minimum Gasteiger partial charge on any atom is -0.366 e. The van der Waals surface area contributed by atoms with Crippen LogP contribution in [-0.4, -0.2) is 18.4 Å². The molecule has 0 aliphatic heterocycles. The van der Waals surface area contributed by atoms with Gasteiger partial charge in [-0.2, -0.15) is 0 Å². The van der Waals surface area contributed by atoms with Gasteiger partial charge in [0.05, 0.1) is 11.3 Å². The van der Waals surface area contributed by atoms with E-state index in [1.165, 1.54) is 0 Å². The van der Waals surface area contributed by atoms with E-state index in [2.05, 4.69) is 19.2 Å². The number of hydrogen-bond donors (Lipinski definition) is 3. The third-order valence-corrected chi connectivity index (χ3v) is 3.32. The van der Waals surface area contributed by atoms with Crippen molar-refractivity contribution in [2.24, 2.45) is 16.9 Å². The Kier molecular flexibility index (Phi) is 5.70. The Morgan fingerprint density at radius 1 is 1.20 bits per heavy atom. The van der Waals surface area contributed by atoms with E-state index < -0.39 is 5.91 Å². The summed E-state index contributed by atoms with van der Waals surface area (Å²) in [6, 6.07) is 6.72. The second-order valence-corrected chi connectivity index (χ2v) is 5.66. The maximum Gasteiger partial charge on any atom is 0.250 e. The Labute approximate surface area is 119 Å². The standard InChI is InChI=1S/C15H23N3O2/c1-15(2,9-10-16)8-7-13(19)18-12-6-4-3-5-11(12)14(17)20/h3-6H,7-10,16H2,1-2H3,(H2,17,20)(H,18,19). The van der Waals surface area contributed by atoms with E-state index in [1.54, 1.807) is 24.3 Å². The number of amides is 2. The monoisotopic (exact) mass is 277 g/mol. The van der Waals surface area contributed by atoms with Crippen molar-refractivity contribution in [2.45, 2.75) is 33.1 Å². The number of para-hydroxylation sites is 1. The smallest absolute Gasteiger partial charge is 0.250 e. The zero-order chi connectivity index (χ0) is 15.2. The van der Waals surface area contributed by atoms with Gasteiger partial charge in [0, 0.05) is 6.42 Å².